The van der Waals surface area contributed by atoms with E-state index < -0.39 is 5.82 Å². The van der Waals surface area contributed by atoms with E-state index >= 15 is 0 Å². The first-order chi connectivity index (χ1) is 15.0. The number of rotatable bonds is 4. The lowest BCUT2D eigenvalue weighted by Gasteiger charge is -2.13. The van der Waals surface area contributed by atoms with Crippen molar-refractivity contribution in [3.63, 3.8) is 0 Å². The van der Waals surface area contributed by atoms with Crippen molar-refractivity contribution >= 4 is 46.0 Å². The van der Waals surface area contributed by atoms with Crippen molar-refractivity contribution in [1.82, 2.24) is 19.7 Å². The van der Waals surface area contributed by atoms with Crippen LogP contribution in [-0.4, -0.2) is 25.8 Å². The maximum atomic E-state index is 13.8. The average molecular weight is 457 g/mol. The zero-order valence-corrected chi connectivity index (χ0v) is 18.0. The monoisotopic (exact) mass is 456 g/mol. The van der Waals surface area contributed by atoms with Gasteiger partial charge in [-0.1, -0.05) is 48.2 Å². The highest BCUT2D eigenvalue weighted by molar-refractivity contribution is 6.32. The number of hydrogen-bond donors (Lipinski definition) is 2. The van der Waals surface area contributed by atoms with E-state index in [0.717, 1.165) is 12.8 Å². The molecule has 31 heavy (non-hydrogen) atoms. The molecule has 2 heterocycles. The molecule has 0 radical (unpaired) electrons. The summed E-state index contributed by atoms with van der Waals surface area (Å²) in [6.45, 7) is 0. The Kier molecular flexibility index (Phi) is 5.16. The molecule has 6 nitrogen and oxygen atoms in total. The van der Waals surface area contributed by atoms with Gasteiger partial charge in [0.1, 0.15) is 11.6 Å². The van der Waals surface area contributed by atoms with Gasteiger partial charge in [-0.15, -0.1) is 5.10 Å². The lowest BCUT2D eigenvalue weighted by Crippen LogP contribution is -2.17. The summed E-state index contributed by atoms with van der Waals surface area (Å²) in [6.07, 6.45) is 4.48. The van der Waals surface area contributed by atoms with Crippen molar-refractivity contribution in [3.05, 3.63) is 58.3 Å². The summed E-state index contributed by atoms with van der Waals surface area (Å²) in [6, 6.07) is 12.0. The molecule has 158 valence electrons. The van der Waals surface area contributed by atoms with E-state index in [-0.39, 0.29) is 5.02 Å². The number of anilines is 2. The zero-order chi connectivity index (χ0) is 21.5. The fraction of sp³-hybridized carbons (Fsp3) is 0.227. The Labute approximate surface area is 188 Å². The van der Waals surface area contributed by atoms with E-state index in [1.807, 2.05) is 18.2 Å². The lowest BCUT2D eigenvalue weighted by atomic mass is 10.1. The largest absolute Gasteiger partial charge is 0.383 e. The first-order valence-corrected chi connectivity index (χ1v) is 10.8. The second-order valence-corrected chi connectivity index (χ2v) is 8.41. The molecule has 2 aromatic heterocycles. The molecule has 3 N–H and O–H groups in total. The van der Waals surface area contributed by atoms with Gasteiger partial charge in [-0.3, -0.25) is 0 Å². The molecule has 0 spiro atoms. The van der Waals surface area contributed by atoms with Gasteiger partial charge in [-0.25, -0.2) is 14.1 Å². The number of nitrogens with one attached hydrogen (secondary N) is 1. The van der Waals surface area contributed by atoms with Gasteiger partial charge in [0.2, 0.25) is 5.95 Å². The third-order valence-electron chi connectivity index (χ3n) is 5.53. The van der Waals surface area contributed by atoms with Gasteiger partial charge in [0.25, 0.3) is 0 Å². The van der Waals surface area contributed by atoms with Gasteiger partial charge >= 0.3 is 0 Å². The maximum absolute atomic E-state index is 13.8. The van der Waals surface area contributed by atoms with Crippen molar-refractivity contribution in [3.8, 4) is 16.9 Å². The number of aromatic nitrogens is 4. The molecule has 0 aliphatic heterocycles. The van der Waals surface area contributed by atoms with Crippen molar-refractivity contribution in [2.75, 3.05) is 11.1 Å². The Morgan fingerprint density at radius 3 is 2.55 bits per heavy atom. The molecular formula is C22H19Cl2FN6. The summed E-state index contributed by atoms with van der Waals surface area (Å²) in [7, 11) is 0. The van der Waals surface area contributed by atoms with Gasteiger partial charge in [0, 0.05) is 11.6 Å². The van der Waals surface area contributed by atoms with E-state index in [1.54, 1.807) is 16.8 Å². The van der Waals surface area contributed by atoms with Crippen LogP contribution in [0, 0.1) is 5.82 Å². The van der Waals surface area contributed by atoms with Crippen LogP contribution in [0.1, 0.15) is 25.7 Å². The Bertz CT molecular complexity index is 1280. The van der Waals surface area contributed by atoms with Crippen LogP contribution in [0.4, 0.5) is 16.2 Å². The van der Waals surface area contributed by atoms with Crippen LogP contribution in [0.25, 0.3) is 28.0 Å². The minimum atomic E-state index is -0.500. The van der Waals surface area contributed by atoms with Gasteiger partial charge in [0.05, 0.1) is 26.8 Å². The van der Waals surface area contributed by atoms with Crippen LogP contribution < -0.4 is 11.1 Å². The maximum Gasteiger partial charge on any atom is 0.225 e. The van der Waals surface area contributed by atoms with Gasteiger partial charge in [-0.05, 0) is 43.2 Å². The second-order valence-electron chi connectivity index (χ2n) is 7.60. The quantitative estimate of drug-likeness (QED) is 0.401. The molecule has 0 unspecified atom stereocenters. The first kappa shape index (κ1) is 20.0. The van der Waals surface area contributed by atoms with E-state index in [0.29, 0.717) is 50.8 Å². The minimum Gasteiger partial charge on any atom is -0.383 e. The molecule has 9 heteroatoms. The number of para-hydroxylation sites is 1. The molecule has 0 saturated heterocycles. The summed E-state index contributed by atoms with van der Waals surface area (Å²) in [5, 5.41) is 9.08. The topological polar surface area (TPSA) is 81.7 Å². The Morgan fingerprint density at radius 2 is 1.81 bits per heavy atom. The Morgan fingerprint density at radius 1 is 1.03 bits per heavy atom. The normalized spacial score (nSPS) is 14.4. The van der Waals surface area contributed by atoms with Crippen LogP contribution in [0.2, 0.25) is 10.0 Å². The highest BCUT2D eigenvalue weighted by atomic mass is 35.5. The third-order valence-corrected chi connectivity index (χ3v) is 6.14. The van der Waals surface area contributed by atoms with Crippen molar-refractivity contribution in [2.45, 2.75) is 31.7 Å². The van der Waals surface area contributed by atoms with Crippen molar-refractivity contribution in [1.29, 1.82) is 0 Å². The predicted molar refractivity (Wildman–Crippen MR) is 122 cm³/mol. The Balaban J connectivity index is 1.73. The van der Waals surface area contributed by atoms with Crippen LogP contribution >= 0.6 is 23.2 Å². The molecule has 5 rings (SSSR count). The predicted octanol–water partition coefficient (Wildman–Crippen LogP) is 5.87. The summed E-state index contributed by atoms with van der Waals surface area (Å²) >= 11 is 12.4. The average Bonchev–Trinajstić information content (AvgIpc) is 3.38. The molecule has 0 bridgehead atoms. The zero-order valence-electron chi connectivity index (χ0n) is 16.4. The molecule has 1 saturated carbocycles. The highest BCUT2D eigenvalue weighted by Crippen LogP contribution is 2.35. The first-order valence-electron chi connectivity index (χ1n) is 10.0. The fourth-order valence-electron chi connectivity index (χ4n) is 3.99. The number of halogens is 3. The molecule has 2 aromatic carbocycles. The molecule has 1 aliphatic carbocycles. The number of hydrogen-bond acceptors (Lipinski definition) is 5. The van der Waals surface area contributed by atoms with Crippen LogP contribution in [0.15, 0.2) is 42.5 Å². The van der Waals surface area contributed by atoms with E-state index in [1.165, 1.54) is 25.0 Å². The third kappa shape index (κ3) is 3.68. The number of nitrogens with two attached hydrogens (primary N) is 1. The summed E-state index contributed by atoms with van der Waals surface area (Å²) < 4.78 is 15.3. The highest BCUT2D eigenvalue weighted by Gasteiger charge is 2.22. The molecule has 1 fully saturated rings. The number of benzene rings is 2. The SMILES string of the molecule is Nc1c2c(-c3ccc(F)c(Cl)c3)nc(NC3CCCC3)nc2nn1-c1ccccc1Cl. The molecular weight excluding hydrogens is 438 g/mol. The van der Waals surface area contributed by atoms with Gasteiger partial charge in [0.15, 0.2) is 5.65 Å². The molecule has 4 aromatic rings. The summed E-state index contributed by atoms with van der Waals surface area (Å²) in [5.74, 6) is 0.296. The van der Waals surface area contributed by atoms with Crippen LogP contribution in [0.5, 0.6) is 0 Å². The molecule has 1 aliphatic rings. The summed E-state index contributed by atoms with van der Waals surface area (Å²) in [4.78, 5) is 9.34. The smallest absolute Gasteiger partial charge is 0.225 e. The fourth-order valence-corrected chi connectivity index (χ4v) is 4.38. The lowest BCUT2D eigenvalue weighted by molar-refractivity contribution is 0.628. The van der Waals surface area contributed by atoms with E-state index in [2.05, 4.69) is 15.4 Å². The van der Waals surface area contributed by atoms with Gasteiger partial charge in [-0.2, -0.15) is 4.98 Å². The van der Waals surface area contributed by atoms with Crippen LogP contribution in [-0.2, 0) is 0 Å². The standard InChI is InChI=1S/C22H19Cl2FN6/c23-14-7-3-4-8-17(14)31-20(26)18-19(12-9-10-16(25)15(24)11-12)28-22(29-21(18)30-31)27-13-5-1-2-6-13/h3-4,7-11,13H,1-2,5-6,26H2,(H,27,29,30). The van der Waals surface area contributed by atoms with Gasteiger partial charge < -0.3 is 11.1 Å². The minimum absolute atomic E-state index is 0.00614. The molecule has 0 atom stereocenters. The summed E-state index contributed by atoms with van der Waals surface area (Å²) in [5.41, 5.74) is 8.70. The van der Waals surface area contributed by atoms with E-state index in [9.17, 15) is 4.39 Å². The number of fused-ring (bicyclic) bond motifs is 1. The Hall–Kier alpha value is -2.90. The van der Waals surface area contributed by atoms with Crippen molar-refractivity contribution in [2.24, 2.45) is 0 Å². The van der Waals surface area contributed by atoms with Crippen LogP contribution in [0.3, 0.4) is 0 Å². The second kappa shape index (κ2) is 7.98. The molecule has 0 amide bonds. The van der Waals surface area contributed by atoms with Crippen molar-refractivity contribution < 1.29 is 4.39 Å². The number of nitrogen functional groups attached to an aromatic ring is 1. The number of nitrogens with zero attached hydrogens (tertiary/aromatic N) is 4. The van der Waals surface area contributed by atoms with E-state index in [4.69, 9.17) is 33.9 Å².